The van der Waals surface area contributed by atoms with Crippen LogP contribution in [0.5, 0.6) is 0 Å². The second-order valence-corrected chi connectivity index (χ2v) is 4.49. The predicted molar refractivity (Wildman–Crippen MR) is 59.0 cm³/mol. The van der Waals surface area contributed by atoms with Crippen LogP contribution in [0.3, 0.4) is 0 Å². The van der Waals surface area contributed by atoms with Gasteiger partial charge in [-0.15, -0.1) is 23.1 Å². The summed E-state index contributed by atoms with van der Waals surface area (Å²) in [5, 5.41) is 2.66. The molecule has 0 atom stereocenters. The Balaban J connectivity index is 2.88. The minimum absolute atomic E-state index is 0.314. The second kappa shape index (κ2) is 3.71. The number of rotatable bonds is 2. The first-order valence-electron chi connectivity index (χ1n) is 3.96. The summed E-state index contributed by atoms with van der Waals surface area (Å²) in [7, 11) is 0. The minimum atomic E-state index is -0.314. The Bertz CT molecular complexity index is 490. The molecular weight excluding hydrogens is 219 g/mol. The van der Waals surface area contributed by atoms with Gasteiger partial charge in [0.25, 0.3) is 0 Å². The lowest BCUT2D eigenvalue weighted by atomic mass is 10.2. The molecule has 0 N–H and O–H groups in total. The number of carbonyl (C=O) groups excluding carboxylic acids is 1. The highest BCUT2D eigenvalue weighted by atomic mass is 32.2. The van der Waals surface area contributed by atoms with Gasteiger partial charge in [-0.05, 0) is 29.2 Å². The summed E-state index contributed by atoms with van der Waals surface area (Å²) in [6.07, 6.45) is 2.50. The molecule has 0 bridgehead atoms. The maximum absolute atomic E-state index is 13.5. The van der Waals surface area contributed by atoms with Gasteiger partial charge in [0.2, 0.25) is 0 Å². The molecule has 0 fully saturated rings. The maximum atomic E-state index is 13.5. The van der Waals surface area contributed by atoms with Crippen molar-refractivity contribution in [3.63, 3.8) is 0 Å². The minimum Gasteiger partial charge on any atom is -0.298 e. The summed E-state index contributed by atoms with van der Waals surface area (Å²) < 4.78 is 14.3. The first-order chi connectivity index (χ1) is 6.77. The second-order valence-electron chi connectivity index (χ2n) is 2.76. The average molecular weight is 226 g/mol. The van der Waals surface area contributed by atoms with Crippen LogP contribution in [-0.4, -0.2) is 12.5 Å². The number of thiophene rings is 1. The Kier molecular flexibility index (Phi) is 2.56. The molecule has 0 aliphatic heterocycles. The van der Waals surface area contributed by atoms with Crippen molar-refractivity contribution in [3.05, 3.63) is 28.9 Å². The Hall–Kier alpha value is -0.870. The van der Waals surface area contributed by atoms with E-state index < -0.39 is 0 Å². The molecule has 4 heteroatoms. The van der Waals surface area contributed by atoms with Crippen molar-refractivity contribution in [1.29, 1.82) is 0 Å². The monoisotopic (exact) mass is 226 g/mol. The lowest BCUT2D eigenvalue weighted by Crippen LogP contribution is -1.89. The molecule has 1 aromatic heterocycles. The number of hydrogen-bond donors (Lipinski definition) is 0. The van der Waals surface area contributed by atoms with Crippen LogP contribution in [0.15, 0.2) is 22.4 Å². The fourth-order valence-electron chi connectivity index (χ4n) is 1.40. The van der Waals surface area contributed by atoms with Crippen LogP contribution in [0, 0.1) is 5.82 Å². The first kappa shape index (κ1) is 9.68. The maximum Gasteiger partial charge on any atom is 0.152 e. The van der Waals surface area contributed by atoms with E-state index in [0.717, 1.165) is 16.4 Å². The van der Waals surface area contributed by atoms with Gasteiger partial charge in [0.1, 0.15) is 5.82 Å². The van der Waals surface area contributed by atoms with Crippen LogP contribution >= 0.6 is 23.1 Å². The van der Waals surface area contributed by atoms with E-state index >= 15 is 0 Å². The number of aldehydes is 1. The van der Waals surface area contributed by atoms with E-state index in [1.807, 2.05) is 11.4 Å². The van der Waals surface area contributed by atoms with Gasteiger partial charge in [0.05, 0.1) is 4.90 Å². The topological polar surface area (TPSA) is 17.1 Å². The molecule has 0 saturated heterocycles. The molecule has 1 heterocycles. The Labute approximate surface area is 88.9 Å². The molecule has 14 heavy (non-hydrogen) atoms. The molecule has 0 saturated carbocycles. The van der Waals surface area contributed by atoms with Crippen LogP contribution in [0.2, 0.25) is 0 Å². The number of hydrogen-bond acceptors (Lipinski definition) is 3. The van der Waals surface area contributed by atoms with Crippen molar-refractivity contribution in [2.75, 3.05) is 6.26 Å². The fourth-order valence-corrected chi connectivity index (χ4v) is 2.98. The zero-order valence-corrected chi connectivity index (χ0v) is 9.05. The lowest BCUT2D eigenvalue weighted by Gasteiger charge is -2.03. The van der Waals surface area contributed by atoms with E-state index in [1.165, 1.54) is 29.2 Å². The third-order valence-electron chi connectivity index (χ3n) is 2.01. The van der Waals surface area contributed by atoms with E-state index in [2.05, 4.69) is 0 Å². The summed E-state index contributed by atoms with van der Waals surface area (Å²) >= 11 is 2.73. The highest BCUT2D eigenvalue weighted by Crippen LogP contribution is 2.33. The van der Waals surface area contributed by atoms with Crippen LogP contribution < -0.4 is 0 Å². The molecule has 1 nitrogen and oxygen atoms in total. The first-order valence-corrected chi connectivity index (χ1v) is 6.07. The Morgan fingerprint density at radius 2 is 2.36 bits per heavy atom. The molecule has 0 amide bonds. The third-order valence-corrected chi connectivity index (χ3v) is 3.79. The smallest absolute Gasteiger partial charge is 0.152 e. The van der Waals surface area contributed by atoms with Gasteiger partial charge < -0.3 is 0 Å². The van der Waals surface area contributed by atoms with Crippen LogP contribution in [0.4, 0.5) is 4.39 Å². The molecule has 0 radical (unpaired) electrons. The summed E-state index contributed by atoms with van der Waals surface area (Å²) in [5.74, 6) is -0.314. The fraction of sp³-hybridized carbons (Fsp3) is 0.100. The molecule has 2 rings (SSSR count). The number of halogens is 1. The third kappa shape index (κ3) is 1.35. The number of thioether (sulfide) groups is 1. The molecule has 1 aromatic carbocycles. The zero-order valence-electron chi connectivity index (χ0n) is 7.41. The lowest BCUT2D eigenvalue weighted by molar-refractivity contribution is 0.112. The Morgan fingerprint density at radius 3 is 3.00 bits per heavy atom. The highest BCUT2D eigenvalue weighted by Gasteiger charge is 2.12. The van der Waals surface area contributed by atoms with E-state index in [0.29, 0.717) is 10.5 Å². The van der Waals surface area contributed by atoms with Gasteiger partial charge >= 0.3 is 0 Å². The normalized spacial score (nSPS) is 10.7. The molecule has 72 valence electrons. The standard InChI is InChI=1S/C10H7FOS2/c1-13-10-7(5-12)9-6(2-3-14-9)4-8(10)11/h2-5H,1H3. The number of fused-ring (bicyclic) bond motifs is 1. The summed E-state index contributed by atoms with van der Waals surface area (Å²) in [6, 6.07) is 3.30. The van der Waals surface area contributed by atoms with Crippen molar-refractivity contribution in [3.8, 4) is 0 Å². The van der Waals surface area contributed by atoms with Crippen molar-refractivity contribution < 1.29 is 9.18 Å². The molecule has 0 unspecified atom stereocenters. The van der Waals surface area contributed by atoms with Gasteiger partial charge in [-0.25, -0.2) is 4.39 Å². The molecule has 0 aliphatic rings. The van der Waals surface area contributed by atoms with Crippen LogP contribution in [0.25, 0.3) is 10.1 Å². The predicted octanol–water partition coefficient (Wildman–Crippen LogP) is 3.57. The molecule has 0 spiro atoms. The van der Waals surface area contributed by atoms with Gasteiger partial charge in [0, 0.05) is 10.3 Å². The van der Waals surface area contributed by atoms with Crippen molar-refractivity contribution in [2.24, 2.45) is 0 Å². The van der Waals surface area contributed by atoms with Crippen molar-refractivity contribution >= 4 is 39.5 Å². The van der Waals surface area contributed by atoms with E-state index in [-0.39, 0.29) is 5.82 Å². The quantitative estimate of drug-likeness (QED) is 0.575. The SMILES string of the molecule is CSc1c(F)cc2ccsc2c1C=O. The van der Waals surface area contributed by atoms with Crippen molar-refractivity contribution in [2.45, 2.75) is 4.90 Å². The molecular formula is C10H7FOS2. The number of carbonyl (C=O) groups is 1. The number of benzene rings is 1. The van der Waals surface area contributed by atoms with Gasteiger partial charge in [-0.3, -0.25) is 4.79 Å². The van der Waals surface area contributed by atoms with Crippen LogP contribution in [-0.2, 0) is 0 Å². The molecule has 2 aromatic rings. The van der Waals surface area contributed by atoms with Gasteiger partial charge in [-0.2, -0.15) is 0 Å². The van der Waals surface area contributed by atoms with Crippen molar-refractivity contribution in [1.82, 2.24) is 0 Å². The largest absolute Gasteiger partial charge is 0.298 e. The Morgan fingerprint density at radius 1 is 1.57 bits per heavy atom. The summed E-state index contributed by atoms with van der Waals surface area (Å²) in [4.78, 5) is 11.3. The van der Waals surface area contributed by atoms with Gasteiger partial charge in [0.15, 0.2) is 6.29 Å². The van der Waals surface area contributed by atoms with Crippen LogP contribution in [0.1, 0.15) is 10.4 Å². The van der Waals surface area contributed by atoms with E-state index in [4.69, 9.17) is 0 Å². The average Bonchev–Trinajstić information content (AvgIpc) is 2.62. The zero-order chi connectivity index (χ0) is 10.1. The summed E-state index contributed by atoms with van der Waals surface area (Å²) in [5.41, 5.74) is 0.475. The van der Waals surface area contributed by atoms with Gasteiger partial charge in [-0.1, -0.05) is 0 Å². The van der Waals surface area contributed by atoms with E-state index in [9.17, 15) is 9.18 Å². The highest BCUT2D eigenvalue weighted by molar-refractivity contribution is 7.98. The molecule has 0 aliphatic carbocycles. The van der Waals surface area contributed by atoms with E-state index in [1.54, 1.807) is 6.26 Å². The summed E-state index contributed by atoms with van der Waals surface area (Å²) in [6.45, 7) is 0.